The van der Waals surface area contributed by atoms with Crippen LogP contribution in [0.1, 0.15) is 83.7 Å². The van der Waals surface area contributed by atoms with Crippen LogP contribution in [0.25, 0.3) is 0 Å². The summed E-state index contributed by atoms with van der Waals surface area (Å²) in [6.45, 7) is 15.0. The first-order chi connectivity index (χ1) is 21.8. The molecule has 11 heteroatoms. The second-order valence-corrected chi connectivity index (χ2v) is 16.2. The van der Waals surface area contributed by atoms with Crippen LogP contribution in [0, 0.1) is 23.2 Å². The van der Waals surface area contributed by atoms with Gasteiger partial charge in [0, 0.05) is 12.0 Å². The average Bonchev–Trinajstić information content (AvgIpc) is 3.38. The third-order valence-electron chi connectivity index (χ3n) is 10.3. The van der Waals surface area contributed by atoms with Gasteiger partial charge in [0.1, 0.15) is 6.04 Å². The highest BCUT2D eigenvalue weighted by Gasteiger charge is 2.68. The summed E-state index contributed by atoms with van der Waals surface area (Å²) < 4.78 is 37.4. The van der Waals surface area contributed by atoms with E-state index in [0.29, 0.717) is 35.5 Å². The maximum atomic E-state index is 14.1. The number of amides is 2. The zero-order valence-corrected chi connectivity index (χ0v) is 29.2. The molecule has 3 unspecified atom stereocenters. The van der Waals surface area contributed by atoms with Crippen LogP contribution in [0.5, 0.6) is 0 Å². The molecule has 2 bridgehead atoms. The van der Waals surface area contributed by atoms with Crippen LogP contribution in [0.15, 0.2) is 54.6 Å². The van der Waals surface area contributed by atoms with E-state index < -0.39 is 26.7 Å². The lowest BCUT2D eigenvalue weighted by molar-refractivity contribution is -0.199. The summed E-state index contributed by atoms with van der Waals surface area (Å²) in [5.41, 5.74) is 1.07. The average molecular weight is 653 g/mol. The molecule has 2 N–H and O–H groups in total. The summed E-state index contributed by atoms with van der Waals surface area (Å²) in [7, 11) is -4.06. The molecule has 0 spiro atoms. The van der Waals surface area contributed by atoms with Crippen LogP contribution in [-0.2, 0) is 34.1 Å². The third-order valence-corrected chi connectivity index (χ3v) is 12.4. The Morgan fingerprint density at radius 1 is 0.978 bits per heavy atom. The molecule has 2 aromatic rings. The number of rotatable bonds is 14. The van der Waals surface area contributed by atoms with E-state index in [1.54, 1.807) is 38.1 Å². The molecule has 3 aliphatic carbocycles. The predicted molar refractivity (Wildman–Crippen MR) is 180 cm³/mol. The highest BCUT2D eigenvalue weighted by Crippen LogP contribution is 2.65. The first-order valence-electron chi connectivity index (χ1n) is 16.8. The number of carbonyl (C=O) groups is 2. The molecule has 2 amide bonds. The van der Waals surface area contributed by atoms with Gasteiger partial charge in [-0.15, -0.1) is 0 Å². The van der Waals surface area contributed by atoms with Crippen LogP contribution in [0.3, 0.4) is 0 Å². The Bertz CT molecular complexity index is 1410. The number of hydrogen-bond donors (Lipinski definition) is 2. The first kappa shape index (κ1) is 34.8. The van der Waals surface area contributed by atoms with Gasteiger partial charge in [0.25, 0.3) is 5.91 Å². The SMILES string of the molecule is CCOP(=O)(OCC)c1ccc(C(=O)NC(Cc2ccccc2)C(=O)N[C@@H](CC(C)C)B2OC3CC4C[C@@H](C4(C)C)[C@]3(C)O2)cc1. The third kappa shape index (κ3) is 7.02. The van der Waals surface area contributed by atoms with E-state index in [1.165, 1.54) is 0 Å². The van der Waals surface area contributed by atoms with Gasteiger partial charge in [0.05, 0.1) is 36.2 Å². The Morgan fingerprint density at radius 3 is 2.22 bits per heavy atom. The summed E-state index contributed by atoms with van der Waals surface area (Å²) in [4.78, 5) is 27.6. The normalized spacial score (nSPS) is 26.2. The van der Waals surface area contributed by atoms with Gasteiger partial charge in [-0.25, -0.2) is 0 Å². The highest BCUT2D eigenvalue weighted by molar-refractivity contribution is 7.62. The van der Waals surface area contributed by atoms with Gasteiger partial charge < -0.3 is 29.0 Å². The molecule has 0 radical (unpaired) electrons. The second-order valence-electron chi connectivity index (χ2n) is 14.2. The van der Waals surface area contributed by atoms with Crippen LogP contribution in [0.4, 0.5) is 0 Å². The molecular formula is C35H50BN2O7P. The van der Waals surface area contributed by atoms with Crippen molar-refractivity contribution in [2.45, 2.75) is 97.8 Å². The summed E-state index contributed by atoms with van der Waals surface area (Å²) in [5, 5.41) is 6.55. The molecule has 4 aliphatic rings. The Morgan fingerprint density at radius 2 is 1.63 bits per heavy atom. The molecule has 6 atom stereocenters. The monoisotopic (exact) mass is 652 g/mol. The van der Waals surface area contributed by atoms with Crippen LogP contribution in [-0.4, -0.2) is 55.8 Å². The molecule has 1 heterocycles. The number of carbonyl (C=O) groups excluding carboxylic acids is 2. The number of nitrogens with one attached hydrogen (secondary N) is 2. The van der Waals surface area contributed by atoms with Crippen molar-refractivity contribution in [3.05, 3.63) is 65.7 Å². The largest absolute Gasteiger partial charge is 0.481 e. The van der Waals surface area contributed by atoms with Gasteiger partial charge in [0.2, 0.25) is 5.91 Å². The van der Waals surface area contributed by atoms with Gasteiger partial charge in [-0.2, -0.15) is 0 Å². The zero-order valence-electron chi connectivity index (χ0n) is 28.3. The quantitative estimate of drug-likeness (QED) is 0.199. The van der Waals surface area contributed by atoms with E-state index in [2.05, 4.69) is 45.3 Å². The molecule has 6 rings (SSSR count). The molecule has 3 saturated carbocycles. The summed E-state index contributed by atoms with van der Waals surface area (Å²) in [6.07, 6.45) is 3.10. The smallest absolute Gasteiger partial charge is 0.404 e. The van der Waals surface area contributed by atoms with Crippen molar-refractivity contribution in [2.75, 3.05) is 13.2 Å². The van der Waals surface area contributed by atoms with Crippen molar-refractivity contribution in [1.29, 1.82) is 0 Å². The molecule has 46 heavy (non-hydrogen) atoms. The van der Waals surface area contributed by atoms with Crippen LogP contribution < -0.4 is 15.9 Å². The number of hydrogen-bond acceptors (Lipinski definition) is 7. The Labute approximate surface area is 274 Å². The fraction of sp³-hybridized carbons (Fsp3) is 0.600. The summed E-state index contributed by atoms with van der Waals surface area (Å²) in [5.74, 6) is 0.227. The highest BCUT2D eigenvalue weighted by atomic mass is 31.2. The van der Waals surface area contributed by atoms with E-state index in [-0.39, 0.29) is 48.1 Å². The molecule has 0 aromatic heterocycles. The summed E-state index contributed by atoms with van der Waals surface area (Å²) >= 11 is 0. The minimum atomic E-state index is -3.49. The summed E-state index contributed by atoms with van der Waals surface area (Å²) in [6, 6.07) is 15.1. The fourth-order valence-corrected chi connectivity index (χ4v) is 9.29. The molecule has 2 aromatic carbocycles. The predicted octanol–water partition coefficient (Wildman–Crippen LogP) is 5.72. The van der Waals surface area contributed by atoms with E-state index >= 15 is 0 Å². The Kier molecular flexibility index (Phi) is 10.6. The topological polar surface area (TPSA) is 112 Å². The molecular weight excluding hydrogens is 602 g/mol. The van der Waals surface area contributed by atoms with E-state index in [9.17, 15) is 14.2 Å². The minimum absolute atomic E-state index is 0.00406. The lowest BCUT2D eigenvalue weighted by Gasteiger charge is -2.64. The van der Waals surface area contributed by atoms with Crippen molar-refractivity contribution >= 4 is 31.8 Å². The molecule has 4 fully saturated rings. The van der Waals surface area contributed by atoms with Crippen LogP contribution in [0.2, 0.25) is 0 Å². The van der Waals surface area contributed by atoms with Crippen molar-refractivity contribution < 1.29 is 32.5 Å². The lowest BCUT2D eigenvalue weighted by Crippen LogP contribution is -2.65. The van der Waals surface area contributed by atoms with E-state index in [4.69, 9.17) is 18.4 Å². The van der Waals surface area contributed by atoms with Gasteiger partial charge in [-0.05, 0) is 93.0 Å². The fourth-order valence-electron chi connectivity index (χ4n) is 7.72. The number of benzene rings is 2. The van der Waals surface area contributed by atoms with Crippen molar-refractivity contribution in [3.63, 3.8) is 0 Å². The van der Waals surface area contributed by atoms with Gasteiger partial charge in [0.15, 0.2) is 0 Å². The Hall–Kier alpha value is -2.49. The minimum Gasteiger partial charge on any atom is -0.404 e. The maximum Gasteiger partial charge on any atom is 0.481 e. The van der Waals surface area contributed by atoms with Gasteiger partial charge >= 0.3 is 14.7 Å². The molecule has 250 valence electrons. The van der Waals surface area contributed by atoms with Gasteiger partial charge in [-0.1, -0.05) is 58.0 Å². The Balaban J connectivity index is 1.33. The zero-order chi connectivity index (χ0) is 33.3. The lowest BCUT2D eigenvalue weighted by atomic mass is 9.43. The molecule has 9 nitrogen and oxygen atoms in total. The van der Waals surface area contributed by atoms with Crippen molar-refractivity contribution in [3.8, 4) is 0 Å². The second kappa shape index (κ2) is 13.9. The van der Waals surface area contributed by atoms with E-state index in [1.807, 2.05) is 30.3 Å². The van der Waals surface area contributed by atoms with Crippen molar-refractivity contribution in [1.82, 2.24) is 10.6 Å². The van der Waals surface area contributed by atoms with Crippen molar-refractivity contribution in [2.24, 2.45) is 23.2 Å². The van der Waals surface area contributed by atoms with Gasteiger partial charge in [-0.3, -0.25) is 14.2 Å². The standard InChI is InChI=1S/C35H50BN2O7P/c1-8-42-46(41,43-9-2)27-17-15-25(16-18-27)32(39)37-28(20-24-13-11-10-12-14-24)33(40)38-31(19-23(3)4)36-44-30-22-26-21-29(34(26,5)6)35(30,7)45-36/h10-18,23,26,28-31H,8-9,19-22H2,1-7H3,(H,37,39)(H,38,40)/t26?,28?,29-,30?,31-,35-/m0/s1. The molecule has 1 aliphatic heterocycles. The van der Waals surface area contributed by atoms with Crippen LogP contribution >= 0.6 is 7.60 Å². The maximum absolute atomic E-state index is 14.1. The van der Waals surface area contributed by atoms with E-state index in [0.717, 1.165) is 18.4 Å². The first-order valence-corrected chi connectivity index (χ1v) is 18.3. The molecule has 1 saturated heterocycles.